The molecule has 0 bridgehead atoms. The van der Waals surface area contributed by atoms with Crippen molar-refractivity contribution in [3.63, 3.8) is 0 Å². The van der Waals surface area contributed by atoms with Crippen LogP contribution < -0.4 is 10.6 Å². The zero-order chi connectivity index (χ0) is 19.8. The van der Waals surface area contributed by atoms with Crippen molar-refractivity contribution < 1.29 is 14.4 Å². The van der Waals surface area contributed by atoms with Gasteiger partial charge >= 0.3 is 6.03 Å². The highest BCUT2D eigenvalue weighted by Crippen LogP contribution is 2.36. The number of nitrogens with zero attached hydrogens (tertiary/aromatic N) is 1. The Bertz CT molecular complexity index is 766. The third kappa shape index (κ3) is 3.84. The van der Waals surface area contributed by atoms with E-state index in [0.29, 0.717) is 18.8 Å². The van der Waals surface area contributed by atoms with Crippen molar-refractivity contribution in [2.75, 3.05) is 6.54 Å². The lowest BCUT2D eigenvalue weighted by atomic mass is 9.77. The van der Waals surface area contributed by atoms with Crippen molar-refractivity contribution in [3.8, 4) is 0 Å². The maximum absolute atomic E-state index is 12.8. The normalized spacial score (nSPS) is 26.2. The van der Waals surface area contributed by atoms with Gasteiger partial charge in [-0.1, -0.05) is 25.1 Å². The van der Waals surface area contributed by atoms with E-state index >= 15 is 0 Å². The highest BCUT2D eigenvalue weighted by Gasteiger charge is 2.52. The molecule has 27 heavy (non-hydrogen) atoms. The summed E-state index contributed by atoms with van der Waals surface area (Å²) in [6.45, 7) is 7.90. The first-order chi connectivity index (χ1) is 12.7. The molecular weight excluding hydrogens is 342 g/mol. The molecule has 1 aromatic carbocycles. The van der Waals surface area contributed by atoms with Crippen LogP contribution in [-0.2, 0) is 9.59 Å². The van der Waals surface area contributed by atoms with E-state index < -0.39 is 11.6 Å². The Morgan fingerprint density at radius 3 is 2.56 bits per heavy atom. The minimum absolute atomic E-state index is 0.193. The van der Waals surface area contributed by atoms with E-state index in [0.717, 1.165) is 28.9 Å². The van der Waals surface area contributed by atoms with Gasteiger partial charge in [0.25, 0.3) is 5.91 Å². The Kier molecular flexibility index (Phi) is 5.27. The van der Waals surface area contributed by atoms with Crippen molar-refractivity contribution in [2.45, 2.75) is 65.0 Å². The highest BCUT2D eigenvalue weighted by atomic mass is 16.2. The van der Waals surface area contributed by atoms with Crippen LogP contribution in [0.5, 0.6) is 0 Å². The molecule has 1 atom stereocenters. The van der Waals surface area contributed by atoms with Crippen LogP contribution in [0.2, 0.25) is 0 Å². The van der Waals surface area contributed by atoms with Crippen molar-refractivity contribution in [1.29, 1.82) is 0 Å². The average Bonchev–Trinajstić information content (AvgIpc) is 2.84. The molecule has 1 aromatic rings. The molecule has 1 saturated carbocycles. The number of amides is 4. The van der Waals surface area contributed by atoms with E-state index in [2.05, 4.69) is 17.6 Å². The van der Waals surface area contributed by atoms with Gasteiger partial charge in [0.1, 0.15) is 12.1 Å². The number of hydrogen-bond donors (Lipinski definition) is 2. The molecule has 0 unspecified atom stereocenters. The van der Waals surface area contributed by atoms with Crippen molar-refractivity contribution in [3.05, 3.63) is 34.9 Å². The quantitative estimate of drug-likeness (QED) is 0.799. The molecule has 1 aliphatic heterocycles. The van der Waals surface area contributed by atoms with E-state index in [9.17, 15) is 14.4 Å². The molecule has 0 aromatic heterocycles. The minimum Gasteiger partial charge on any atom is -0.348 e. The zero-order valence-corrected chi connectivity index (χ0v) is 16.6. The Morgan fingerprint density at radius 1 is 1.26 bits per heavy atom. The summed E-state index contributed by atoms with van der Waals surface area (Å²) in [4.78, 5) is 38.7. The van der Waals surface area contributed by atoms with Crippen molar-refractivity contribution in [2.24, 2.45) is 5.92 Å². The van der Waals surface area contributed by atoms with Gasteiger partial charge in [0.05, 0.1) is 6.04 Å². The Morgan fingerprint density at radius 2 is 1.93 bits per heavy atom. The molecule has 2 fully saturated rings. The summed E-state index contributed by atoms with van der Waals surface area (Å²) in [5.41, 5.74) is 2.56. The molecule has 1 spiro atoms. The van der Waals surface area contributed by atoms with Gasteiger partial charge in [0.15, 0.2) is 0 Å². The van der Waals surface area contributed by atoms with E-state index in [4.69, 9.17) is 0 Å². The van der Waals surface area contributed by atoms with Gasteiger partial charge in [-0.3, -0.25) is 14.5 Å². The maximum Gasteiger partial charge on any atom is 0.325 e. The number of nitrogens with one attached hydrogen (secondary N) is 2. The fourth-order valence-electron chi connectivity index (χ4n) is 3.96. The second-order valence-electron chi connectivity index (χ2n) is 8.22. The summed E-state index contributed by atoms with van der Waals surface area (Å²) in [6, 6.07) is 5.41. The van der Waals surface area contributed by atoms with Gasteiger partial charge in [-0.15, -0.1) is 0 Å². The number of aryl methyl sites for hydroxylation is 2. The molecule has 1 heterocycles. The summed E-state index contributed by atoms with van der Waals surface area (Å²) in [5.74, 6) is -0.0182. The zero-order valence-electron chi connectivity index (χ0n) is 16.6. The first-order valence-electron chi connectivity index (χ1n) is 9.72. The standard InChI is InChI=1S/C21H29N3O3/c1-13-7-9-21(10-8-13)19(26)24(20(27)23-21)12-18(25)22-16(4)17-6-5-14(2)15(3)11-17/h5-6,11,13,16H,7-10,12H2,1-4H3,(H,22,25)(H,23,27)/t13?,16-,21?/m0/s1. The van der Waals surface area contributed by atoms with Crippen molar-refractivity contribution >= 4 is 17.8 Å². The monoisotopic (exact) mass is 371 g/mol. The van der Waals surface area contributed by atoms with Gasteiger partial charge in [-0.05, 0) is 69.1 Å². The molecule has 6 nitrogen and oxygen atoms in total. The lowest BCUT2D eigenvalue weighted by molar-refractivity contribution is -0.136. The molecule has 146 valence electrons. The average molecular weight is 371 g/mol. The van der Waals surface area contributed by atoms with Gasteiger partial charge in [-0.2, -0.15) is 0 Å². The summed E-state index contributed by atoms with van der Waals surface area (Å²) in [7, 11) is 0. The SMILES string of the molecule is Cc1ccc([C@H](C)NC(=O)CN2C(=O)NC3(CCC(C)CC3)C2=O)cc1C. The van der Waals surface area contributed by atoms with E-state index in [1.165, 1.54) is 5.56 Å². The van der Waals surface area contributed by atoms with Gasteiger partial charge in [-0.25, -0.2) is 4.79 Å². The minimum atomic E-state index is -0.802. The van der Waals surface area contributed by atoms with Crippen LogP contribution >= 0.6 is 0 Å². The second-order valence-corrected chi connectivity index (χ2v) is 8.22. The molecule has 4 amide bonds. The lowest BCUT2D eigenvalue weighted by Gasteiger charge is -2.33. The summed E-state index contributed by atoms with van der Waals surface area (Å²) >= 11 is 0. The van der Waals surface area contributed by atoms with E-state index in [-0.39, 0.29) is 24.4 Å². The molecule has 0 radical (unpaired) electrons. The number of carbonyl (C=O) groups is 3. The summed E-state index contributed by atoms with van der Waals surface area (Å²) in [6.07, 6.45) is 3.12. The van der Waals surface area contributed by atoms with Crippen molar-refractivity contribution in [1.82, 2.24) is 15.5 Å². The smallest absolute Gasteiger partial charge is 0.325 e. The van der Waals surface area contributed by atoms with Crippen LogP contribution in [0.25, 0.3) is 0 Å². The van der Waals surface area contributed by atoms with E-state index in [1.807, 2.05) is 39.0 Å². The molecule has 1 saturated heterocycles. The first-order valence-corrected chi connectivity index (χ1v) is 9.72. The molecule has 2 aliphatic rings. The highest BCUT2D eigenvalue weighted by molar-refractivity contribution is 6.09. The molecule has 1 aliphatic carbocycles. The number of imide groups is 1. The third-order valence-electron chi connectivity index (χ3n) is 6.08. The molecule has 3 rings (SSSR count). The van der Waals surface area contributed by atoms with Gasteiger partial charge in [0, 0.05) is 0 Å². The second kappa shape index (κ2) is 7.33. The van der Waals surface area contributed by atoms with Crippen LogP contribution in [0.4, 0.5) is 4.79 Å². The number of rotatable bonds is 4. The third-order valence-corrected chi connectivity index (χ3v) is 6.08. The van der Waals surface area contributed by atoms with Crippen LogP contribution in [0.15, 0.2) is 18.2 Å². The number of urea groups is 1. The largest absolute Gasteiger partial charge is 0.348 e. The van der Waals surface area contributed by atoms with Gasteiger partial charge < -0.3 is 10.6 Å². The fraction of sp³-hybridized carbons (Fsp3) is 0.571. The molecular formula is C21H29N3O3. The van der Waals surface area contributed by atoms with Crippen LogP contribution in [0, 0.1) is 19.8 Å². The Hall–Kier alpha value is -2.37. The number of carbonyl (C=O) groups excluding carboxylic acids is 3. The Balaban J connectivity index is 1.62. The van der Waals surface area contributed by atoms with E-state index in [1.54, 1.807) is 0 Å². The topological polar surface area (TPSA) is 78.5 Å². The predicted molar refractivity (Wildman–Crippen MR) is 103 cm³/mol. The van der Waals surface area contributed by atoms with Crippen LogP contribution in [0.3, 0.4) is 0 Å². The van der Waals surface area contributed by atoms with Crippen LogP contribution in [0.1, 0.15) is 62.3 Å². The fourth-order valence-corrected chi connectivity index (χ4v) is 3.96. The lowest BCUT2D eigenvalue weighted by Crippen LogP contribution is -2.50. The van der Waals surface area contributed by atoms with Gasteiger partial charge in [0.2, 0.25) is 5.91 Å². The maximum atomic E-state index is 12.8. The van der Waals surface area contributed by atoms with Crippen LogP contribution in [-0.4, -0.2) is 34.8 Å². The number of hydrogen-bond acceptors (Lipinski definition) is 3. The molecule has 6 heteroatoms. The summed E-state index contributed by atoms with van der Waals surface area (Å²) < 4.78 is 0. The molecule has 2 N–H and O–H groups in total. The Labute approximate surface area is 160 Å². The predicted octanol–water partition coefficient (Wildman–Crippen LogP) is 2.98. The first kappa shape index (κ1) is 19.4. The number of benzene rings is 1. The summed E-state index contributed by atoms with van der Waals surface area (Å²) in [5, 5.41) is 5.75.